The first-order valence-corrected chi connectivity index (χ1v) is 14.4. The third kappa shape index (κ3) is 5.13. The molecule has 1 aromatic heterocycles. The number of hydrogen-bond donors (Lipinski definition) is 0. The molecule has 0 saturated carbocycles. The molecule has 2 fully saturated rings. The molecule has 0 atom stereocenters. The molecular weight excluding hydrogens is 495 g/mol. The molecule has 8 nitrogen and oxygen atoms in total. The van der Waals surface area contributed by atoms with Crippen LogP contribution in [0.4, 0.5) is 4.39 Å². The van der Waals surface area contributed by atoms with Crippen molar-refractivity contribution >= 4 is 32.6 Å². The van der Waals surface area contributed by atoms with Gasteiger partial charge in [0.15, 0.2) is 9.84 Å². The van der Waals surface area contributed by atoms with Gasteiger partial charge in [0.05, 0.1) is 17.0 Å². The summed E-state index contributed by atoms with van der Waals surface area (Å²) in [4.78, 5) is 32.5. The highest BCUT2D eigenvalue weighted by Crippen LogP contribution is 2.28. The zero-order valence-corrected chi connectivity index (χ0v) is 21.9. The van der Waals surface area contributed by atoms with Gasteiger partial charge in [-0.05, 0) is 56.3 Å². The van der Waals surface area contributed by atoms with Gasteiger partial charge < -0.3 is 14.4 Å². The second-order valence-electron chi connectivity index (χ2n) is 9.98. The lowest BCUT2D eigenvalue weighted by atomic mass is 10.1. The highest BCUT2D eigenvalue weighted by atomic mass is 32.2. The third-order valence-electron chi connectivity index (χ3n) is 7.30. The molecule has 2 saturated heterocycles. The van der Waals surface area contributed by atoms with Crippen molar-refractivity contribution in [2.24, 2.45) is 0 Å². The van der Waals surface area contributed by atoms with E-state index in [0.29, 0.717) is 47.0 Å². The van der Waals surface area contributed by atoms with E-state index in [1.54, 1.807) is 41.0 Å². The number of fused-ring (bicyclic) bond motifs is 1. The minimum atomic E-state index is -3.15. The van der Waals surface area contributed by atoms with Gasteiger partial charge in [0, 0.05) is 61.9 Å². The minimum absolute atomic E-state index is 0.0575. The van der Waals surface area contributed by atoms with Gasteiger partial charge in [-0.25, -0.2) is 12.8 Å². The van der Waals surface area contributed by atoms with E-state index in [4.69, 9.17) is 0 Å². The largest absolute Gasteiger partial charge is 0.336 e. The van der Waals surface area contributed by atoms with Gasteiger partial charge in [-0.3, -0.25) is 14.5 Å². The Labute approximate surface area is 216 Å². The number of carbonyl (C=O) groups excluding carboxylic acids is 2. The lowest BCUT2D eigenvalue weighted by Crippen LogP contribution is -2.50. The van der Waals surface area contributed by atoms with Crippen molar-refractivity contribution in [1.29, 1.82) is 0 Å². The molecule has 0 radical (unpaired) electrons. The highest BCUT2D eigenvalue weighted by Gasteiger charge is 2.29. The topological polar surface area (TPSA) is 82.9 Å². The summed E-state index contributed by atoms with van der Waals surface area (Å²) in [6, 6.07) is 13.4. The maximum absolute atomic E-state index is 14.2. The molecule has 196 valence electrons. The Morgan fingerprint density at radius 3 is 2.16 bits per heavy atom. The van der Waals surface area contributed by atoms with Crippen LogP contribution < -0.4 is 0 Å². The molecule has 0 unspecified atom stereocenters. The summed E-state index contributed by atoms with van der Waals surface area (Å²) < 4.78 is 39.6. The molecule has 3 heterocycles. The molecular formula is C27H31FN4O4S. The van der Waals surface area contributed by atoms with Gasteiger partial charge in [-0.1, -0.05) is 6.07 Å². The average molecular weight is 527 g/mol. The quantitative estimate of drug-likeness (QED) is 0.522. The summed E-state index contributed by atoms with van der Waals surface area (Å²) in [5.41, 5.74) is 1.98. The monoisotopic (exact) mass is 526 g/mol. The van der Waals surface area contributed by atoms with Crippen molar-refractivity contribution in [3.63, 3.8) is 0 Å². The van der Waals surface area contributed by atoms with Crippen LogP contribution in [0.15, 0.2) is 48.5 Å². The number of carbonyl (C=O) groups is 2. The van der Waals surface area contributed by atoms with Crippen LogP contribution in [0.3, 0.4) is 0 Å². The highest BCUT2D eigenvalue weighted by molar-refractivity contribution is 7.91. The first kappa shape index (κ1) is 25.4. The van der Waals surface area contributed by atoms with E-state index in [1.807, 2.05) is 4.90 Å². The lowest BCUT2D eigenvalue weighted by Gasteiger charge is -2.37. The van der Waals surface area contributed by atoms with Crippen LogP contribution in [0, 0.1) is 5.82 Å². The van der Waals surface area contributed by atoms with Crippen LogP contribution in [-0.2, 0) is 9.84 Å². The average Bonchev–Trinajstić information content (AvgIpc) is 3.27. The van der Waals surface area contributed by atoms with Crippen molar-refractivity contribution in [2.75, 3.05) is 50.8 Å². The van der Waals surface area contributed by atoms with Gasteiger partial charge in [-0.15, -0.1) is 0 Å². The Morgan fingerprint density at radius 2 is 1.51 bits per heavy atom. The lowest BCUT2D eigenvalue weighted by molar-refractivity contribution is 0.0595. The van der Waals surface area contributed by atoms with Crippen molar-refractivity contribution in [1.82, 2.24) is 19.3 Å². The Kier molecular flexibility index (Phi) is 6.80. The number of sulfone groups is 1. The minimum Gasteiger partial charge on any atom is -0.336 e. The Balaban J connectivity index is 1.50. The summed E-state index contributed by atoms with van der Waals surface area (Å²) in [5.74, 6) is -0.983. The maximum atomic E-state index is 14.2. The van der Waals surface area contributed by atoms with E-state index in [9.17, 15) is 22.4 Å². The summed E-state index contributed by atoms with van der Waals surface area (Å²) in [7, 11) is -3.15. The molecule has 37 heavy (non-hydrogen) atoms. The zero-order valence-electron chi connectivity index (χ0n) is 21.1. The fourth-order valence-corrected chi connectivity index (χ4v) is 6.30. The van der Waals surface area contributed by atoms with Gasteiger partial charge >= 0.3 is 0 Å². The summed E-state index contributed by atoms with van der Waals surface area (Å²) >= 11 is 0. The number of halogens is 1. The molecule has 10 heteroatoms. The van der Waals surface area contributed by atoms with Gasteiger partial charge in [0.25, 0.3) is 11.8 Å². The van der Waals surface area contributed by atoms with E-state index in [0.717, 1.165) is 13.1 Å². The molecule has 2 aliphatic rings. The van der Waals surface area contributed by atoms with E-state index >= 15 is 0 Å². The van der Waals surface area contributed by atoms with Crippen molar-refractivity contribution in [3.05, 3.63) is 65.6 Å². The SMILES string of the molecule is CC(C)N1CCN(C(=O)c2ccc3c(c2)cc(C(=O)N2CCS(=O)(=O)CC2)n3-c2cccc(F)c2)CC1. The fourth-order valence-electron chi connectivity index (χ4n) is 5.10. The number of rotatable bonds is 4. The second kappa shape index (κ2) is 9.90. The molecule has 2 aromatic carbocycles. The number of nitrogens with zero attached hydrogens (tertiary/aromatic N) is 4. The summed E-state index contributed by atoms with van der Waals surface area (Å²) in [6.45, 7) is 7.47. The number of amides is 2. The van der Waals surface area contributed by atoms with Crippen LogP contribution in [0.1, 0.15) is 34.7 Å². The summed E-state index contributed by atoms with van der Waals surface area (Å²) in [5, 5.41) is 0.684. The van der Waals surface area contributed by atoms with Crippen molar-refractivity contribution in [3.8, 4) is 5.69 Å². The van der Waals surface area contributed by atoms with Crippen molar-refractivity contribution < 1.29 is 22.4 Å². The van der Waals surface area contributed by atoms with E-state index < -0.39 is 15.7 Å². The number of aromatic nitrogens is 1. The first-order valence-electron chi connectivity index (χ1n) is 12.6. The standard InChI is InChI=1S/C27H31FN4O4S/c1-19(2)29-8-10-30(11-9-29)26(33)20-6-7-24-21(16-20)17-25(32(24)23-5-3-4-22(28)18-23)27(34)31-12-14-37(35,36)15-13-31/h3-7,16-19H,8-15H2,1-2H3. The van der Waals surface area contributed by atoms with Crippen LogP contribution in [0.25, 0.3) is 16.6 Å². The van der Waals surface area contributed by atoms with E-state index in [2.05, 4.69) is 18.7 Å². The predicted octanol–water partition coefficient (Wildman–Crippen LogP) is 2.81. The predicted molar refractivity (Wildman–Crippen MR) is 140 cm³/mol. The fraction of sp³-hybridized carbons (Fsp3) is 0.407. The second-order valence-corrected chi connectivity index (χ2v) is 12.3. The number of benzene rings is 2. The molecule has 3 aromatic rings. The molecule has 2 aliphatic heterocycles. The molecule has 2 amide bonds. The number of piperazine rings is 1. The Bertz CT molecular complexity index is 1440. The Morgan fingerprint density at radius 1 is 0.838 bits per heavy atom. The van der Waals surface area contributed by atoms with Crippen LogP contribution in [0.2, 0.25) is 0 Å². The van der Waals surface area contributed by atoms with Gasteiger partial charge in [0.1, 0.15) is 11.5 Å². The van der Waals surface area contributed by atoms with Gasteiger partial charge in [0.2, 0.25) is 0 Å². The Hall–Kier alpha value is -3.24. The zero-order chi connectivity index (χ0) is 26.3. The van der Waals surface area contributed by atoms with E-state index in [1.165, 1.54) is 17.0 Å². The van der Waals surface area contributed by atoms with Gasteiger partial charge in [-0.2, -0.15) is 0 Å². The molecule has 0 aliphatic carbocycles. The third-order valence-corrected chi connectivity index (χ3v) is 8.91. The van der Waals surface area contributed by atoms with E-state index in [-0.39, 0.29) is 36.4 Å². The van der Waals surface area contributed by atoms with Crippen LogP contribution in [-0.4, -0.2) is 96.3 Å². The van der Waals surface area contributed by atoms with Crippen LogP contribution in [0.5, 0.6) is 0 Å². The van der Waals surface area contributed by atoms with Crippen LogP contribution >= 0.6 is 0 Å². The maximum Gasteiger partial charge on any atom is 0.270 e. The molecule has 0 N–H and O–H groups in total. The molecule has 5 rings (SSSR count). The smallest absolute Gasteiger partial charge is 0.270 e. The number of hydrogen-bond acceptors (Lipinski definition) is 5. The normalized spacial score (nSPS) is 18.5. The first-order chi connectivity index (χ1) is 17.6. The summed E-state index contributed by atoms with van der Waals surface area (Å²) in [6.07, 6.45) is 0. The molecule has 0 bridgehead atoms. The molecule has 0 spiro atoms. The van der Waals surface area contributed by atoms with Crippen molar-refractivity contribution in [2.45, 2.75) is 19.9 Å².